The lowest BCUT2D eigenvalue weighted by Gasteiger charge is -2.23. The molecule has 0 aliphatic carbocycles. The monoisotopic (exact) mass is 418 g/mol. The number of benzene rings is 2. The molecule has 28 heavy (non-hydrogen) atoms. The van der Waals surface area contributed by atoms with Crippen LogP contribution in [0.25, 0.3) is 0 Å². The molecule has 146 valence electrons. The molecule has 2 unspecified atom stereocenters. The first-order chi connectivity index (χ1) is 13.4. The van der Waals surface area contributed by atoms with Crippen molar-refractivity contribution in [3.63, 3.8) is 0 Å². The Balaban J connectivity index is 1.49. The molecule has 2 amide bonds. The number of carbonyl (C=O) groups excluding carboxylic acids is 3. The number of fused-ring (bicyclic) bond motifs is 1. The van der Waals surface area contributed by atoms with Crippen molar-refractivity contribution in [3.05, 3.63) is 59.1 Å². The van der Waals surface area contributed by atoms with Crippen LogP contribution in [0.4, 0.5) is 5.69 Å². The fraction of sp³-hybridized carbons (Fsp3) is 0.250. The third-order valence-corrected chi connectivity index (χ3v) is 5.79. The van der Waals surface area contributed by atoms with Crippen molar-refractivity contribution in [1.29, 1.82) is 0 Å². The number of amides is 2. The second-order valence-corrected chi connectivity index (χ2v) is 7.89. The number of para-hydroxylation sites is 1. The van der Waals surface area contributed by atoms with Crippen molar-refractivity contribution >= 4 is 46.8 Å². The Morgan fingerprint density at radius 3 is 2.71 bits per heavy atom. The van der Waals surface area contributed by atoms with Gasteiger partial charge in [-0.1, -0.05) is 41.9 Å². The maximum atomic E-state index is 12.2. The van der Waals surface area contributed by atoms with Crippen LogP contribution in [0.3, 0.4) is 0 Å². The quantitative estimate of drug-likeness (QED) is 0.702. The van der Waals surface area contributed by atoms with Crippen molar-refractivity contribution in [2.24, 2.45) is 0 Å². The minimum atomic E-state index is -0.973. The third-order valence-electron chi connectivity index (χ3n) is 4.15. The van der Waals surface area contributed by atoms with Crippen LogP contribution in [0.15, 0.2) is 53.4 Å². The van der Waals surface area contributed by atoms with Gasteiger partial charge < -0.3 is 15.4 Å². The van der Waals surface area contributed by atoms with Gasteiger partial charge in [-0.25, -0.2) is 0 Å². The van der Waals surface area contributed by atoms with Gasteiger partial charge in [0.25, 0.3) is 5.91 Å². The smallest absolute Gasteiger partial charge is 0.308 e. The summed E-state index contributed by atoms with van der Waals surface area (Å²) < 4.78 is 5.19. The summed E-state index contributed by atoms with van der Waals surface area (Å²) in [6.45, 7) is 1.72. The highest BCUT2D eigenvalue weighted by Gasteiger charge is 2.30. The minimum Gasteiger partial charge on any atom is -0.453 e. The molecule has 1 aliphatic rings. The van der Waals surface area contributed by atoms with Crippen molar-refractivity contribution in [3.8, 4) is 0 Å². The van der Waals surface area contributed by atoms with E-state index in [4.69, 9.17) is 16.3 Å². The molecule has 1 heterocycles. The molecule has 2 N–H and O–H groups in total. The van der Waals surface area contributed by atoms with E-state index in [2.05, 4.69) is 10.6 Å². The maximum absolute atomic E-state index is 12.2. The first kappa shape index (κ1) is 20.2. The van der Waals surface area contributed by atoms with Gasteiger partial charge in [-0.15, -0.1) is 11.8 Å². The van der Waals surface area contributed by atoms with Gasteiger partial charge in [0.05, 0.1) is 17.4 Å². The molecule has 2 aromatic rings. The van der Waals surface area contributed by atoms with E-state index in [0.717, 1.165) is 16.1 Å². The van der Waals surface area contributed by atoms with E-state index in [9.17, 15) is 14.4 Å². The largest absolute Gasteiger partial charge is 0.453 e. The number of anilines is 1. The second kappa shape index (κ2) is 9.12. The Hall–Kier alpha value is -2.51. The Labute approximate surface area is 172 Å². The molecule has 0 saturated heterocycles. The van der Waals surface area contributed by atoms with Crippen LogP contribution in [0, 0.1) is 0 Å². The lowest BCUT2D eigenvalue weighted by atomic mass is 10.2. The van der Waals surface area contributed by atoms with Crippen LogP contribution in [0.5, 0.6) is 0 Å². The van der Waals surface area contributed by atoms with Gasteiger partial charge in [0.2, 0.25) is 5.91 Å². The predicted molar refractivity (Wildman–Crippen MR) is 108 cm³/mol. The summed E-state index contributed by atoms with van der Waals surface area (Å²) in [5, 5.41) is 5.41. The molecule has 0 bridgehead atoms. The lowest BCUT2D eigenvalue weighted by molar-refractivity contribution is -0.155. The highest BCUT2D eigenvalue weighted by Crippen LogP contribution is 2.36. The zero-order valence-corrected chi connectivity index (χ0v) is 16.7. The normalized spacial score (nSPS) is 16.5. The average molecular weight is 419 g/mol. The molecular formula is C20H19ClN2O4S. The number of esters is 1. The number of nitrogens with one attached hydrogen (secondary N) is 2. The van der Waals surface area contributed by atoms with Gasteiger partial charge in [-0.05, 0) is 30.7 Å². The van der Waals surface area contributed by atoms with Gasteiger partial charge in [-0.2, -0.15) is 0 Å². The highest BCUT2D eigenvalue weighted by molar-refractivity contribution is 8.01. The van der Waals surface area contributed by atoms with E-state index in [1.807, 2.05) is 24.3 Å². The number of ether oxygens (including phenoxy) is 1. The van der Waals surface area contributed by atoms with E-state index in [1.54, 1.807) is 24.3 Å². The van der Waals surface area contributed by atoms with Crippen LogP contribution < -0.4 is 10.6 Å². The third kappa shape index (κ3) is 5.05. The van der Waals surface area contributed by atoms with Gasteiger partial charge in [0.15, 0.2) is 6.10 Å². The van der Waals surface area contributed by atoms with Gasteiger partial charge in [0.1, 0.15) is 0 Å². The van der Waals surface area contributed by atoms with E-state index in [1.165, 1.54) is 18.7 Å². The number of hydrogen-bond donors (Lipinski definition) is 2. The average Bonchev–Trinajstić information content (AvgIpc) is 2.67. The standard InChI is InChI=1S/C20H19ClN2O4S/c1-12(19(25)22-11-13-6-2-3-7-14(13)21)27-18(24)10-17-20(26)23-15-8-4-5-9-16(15)28-17/h2-9,12,17H,10-11H2,1H3,(H,22,25)(H,23,26). The molecule has 0 radical (unpaired) electrons. The van der Waals surface area contributed by atoms with Gasteiger partial charge in [0, 0.05) is 16.5 Å². The molecule has 6 nitrogen and oxygen atoms in total. The Morgan fingerprint density at radius 1 is 1.21 bits per heavy atom. The number of halogens is 1. The number of thioether (sulfide) groups is 1. The molecule has 3 rings (SSSR count). The van der Waals surface area contributed by atoms with Crippen LogP contribution in [0.2, 0.25) is 5.02 Å². The summed E-state index contributed by atoms with van der Waals surface area (Å²) in [4.78, 5) is 37.4. The maximum Gasteiger partial charge on any atom is 0.308 e. The van der Waals surface area contributed by atoms with Gasteiger partial charge in [-0.3, -0.25) is 14.4 Å². The van der Waals surface area contributed by atoms with Gasteiger partial charge >= 0.3 is 5.97 Å². The summed E-state index contributed by atoms with van der Waals surface area (Å²) >= 11 is 7.36. The molecule has 0 saturated carbocycles. The van der Waals surface area contributed by atoms with Crippen molar-refractivity contribution < 1.29 is 19.1 Å². The number of hydrogen-bond acceptors (Lipinski definition) is 5. The summed E-state index contributed by atoms with van der Waals surface area (Å²) in [6, 6.07) is 14.5. The Kier molecular flexibility index (Phi) is 6.59. The fourth-order valence-corrected chi connectivity index (χ4v) is 3.94. The van der Waals surface area contributed by atoms with E-state index < -0.39 is 23.2 Å². The SMILES string of the molecule is CC(OC(=O)CC1Sc2ccccc2NC1=O)C(=O)NCc1ccccc1Cl. The molecule has 2 aromatic carbocycles. The summed E-state index contributed by atoms with van der Waals surface area (Å²) in [6.07, 6.45) is -1.09. The zero-order valence-electron chi connectivity index (χ0n) is 15.1. The molecular weight excluding hydrogens is 400 g/mol. The Morgan fingerprint density at radius 2 is 1.93 bits per heavy atom. The minimum absolute atomic E-state index is 0.118. The topological polar surface area (TPSA) is 84.5 Å². The lowest BCUT2D eigenvalue weighted by Crippen LogP contribution is -2.37. The number of carbonyl (C=O) groups is 3. The van der Waals surface area contributed by atoms with E-state index >= 15 is 0 Å². The second-order valence-electron chi connectivity index (χ2n) is 6.24. The summed E-state index contributed by atoms with van der Waals surface area (Å²) in [5.41, 5.74) is 1.50. The molecule has 0 fully saturated rings. The molecule has 1 aliphatic heterocycles. The first-order valence-corrected chi connectivity index (χ1v) is 9.97. The molecule has 2 atom stereocenters. The van der Waals surface area contributed by atoms with Crippen LogP contribution in [0.1, 0.15) is 18.9 Å². The highest BCUT2D eigenvalue weighted by atomic mass is 35.5. The number of rotatable bonds is 6. The fourth-order valence-electron chi connectivity index (χ4n) is 2.65. The molecule has 0 spiro atoms. The predicted octanol–water partition coefficient (Wildman–Crippen LogP) is 3.39. The first-order valence-electron chi connectivity index (χ1n) is 8.71. The van der Waals surface area contributed by atoms with Crippen molar-refractivity contribution in [2.75, 3.05) is 5.32 Å². The van der Waals surface area contributed by atoms with E-state index in [-0.39, 0.29) is 18.9 Å². The van der Waals surface area contributed by atoms with Crippen LogP contribution in [-0.2, 0) is 25.7 Å². The zero-order chi connectivity index (χ0) is 20.1. The van der Waals surface area contributed by atoms with Crippen LogP contribution in [-0.4, -0.2) is 29.1 Å². The van der Waals surface area contributed by atoms with E-state index in [0.29, 0.717) is 5.02 Å². The Bertz CT molecular complexity index is 905. The summed E-state index contributed by atoms with van der Waals surface area (Å²) in [5.74, 6) is -1.29. The van der Waals surface area contributed by atoms with Crippen LogP contribution >= 0.6 is 23.4 Å². The van der Waals surface area contributed by atoms with Crippen molar-refractivity contribution in [1.82, 2.24) is 5.32 Å². The molecule has 0 aromatic heterocycles. The summed E-state index contributed by atoms with van der Waals surface area (Å²) in [7, 11) is 0. The van der Waals surface area contributed by atoms with Crippen molar-refractivity contribution in [2.45, 2.75) is 36.1 Å². The molecule has 8 heteroatoms.